The smallest absolute Gasteiger partial charge is 0.228 e. The maximum atomic E-state index is 9.09. The van der Waals surface area contributed by atoms with Crippen LogP contribution in [0.4, 0.5) is 11.6 Å². The van der Waals surface area contributed by atoms with Crippen molar-refractivity contribution in [2.45, 2.75) is 24.8 Å². The maximum absolute atomic E-state index is 9.09. The van der Waals surface area contributed by atoms with Crippen molar-refractivity contribution in [1.82, 2.24) is 29.5 Å². The monoisotopic (exact) mass is 376 g/mol. The Bertz CT molecular complexity index is 1170. The molecule has 5 rings (SSSR count). The Balaban J connectivity index is 1.55. The van der Waals surface area contributed by atoms with E-state index >= 15 is 0 Å². The lowest BCUT2D eigenvalue weighted by Gasteiger charge is -2.11. The predicted octanol–water partition coefficient (Wildman–Crippen LogP) is 3.43. The first-order valence-corrected chi connectivity index (χ1v) is 9.48. The van der Waals surface area contributed by atoms with Gasteiger partial charge >= 0.3 is 0 Å². The van der Waals surface area contributed by atoms with E-state index in [0.717, 1.165) is 40.0 Å². The quantitative estimate of drug-likeness (QED) is 0.573. The molecule has 0 atom stereocenters. The Morgan fingerprint density at radius 2 is 2.15 bits per heavy atom. The highest BCUT2D eigenvalue weighted by molar-refractivity contribution is 7.17. The number of hydrogen-bond acceptors (Lipinski definition) is 7. The molecule has 1 aliphatic carbocycles. The van der Waals surface area contributed by atoms with Crippen LogP contribution in [0, 0.1) is 11.3 Å². The van der Waals surface area contributed by atoms with Crippen molar-refractivity contribution in [2.75, 3.05) is 5.32 Å². The van der Waals surface area contributed by atoms with Crippen molar-refractivity contribution in [3.63, 3.8) is 0 Å². The van der Waals surface area contributed by atoms with E-state index in [0.29, 0.717) is 12.4 Å². The zero-order valence-corrected chi connectivity index (χ0v) is 15.4. The van der Waals surface area contributed by atoms with Gasteiger partial charge in [-0.1, -0.05) is 0 Å². The molecule has 4 aromatic heterocycles. The molecule has 0 aromatic carbocycles. The van der Waals surface area contributed by atoms with Crippen LogP contribution < -0.4 is 5.32 Å². The second-order valence-electron chi connectivity index (χ2n) is 6.79. The summed E-state index contributed by atoms with van der Waals surface area (Å²) in [7, 11) is 1.86. The van der Waals surface area contributed by atoms with Crippen molar-refractivity contribution in [3.8, 4) is 17.3 Å². The molecule has 8 nitrogen and oxygen atoms in total. The van der Waals surface area contributed by atoms with Gasteiger partial charge in [0.2, 0.25) is 5.95 Å². The predicted molar refractivity (Wildman–Crippen MR) is 103 cm³/mol. The van der Waals surface area contributed by atoms with Crippen LogP contribution >= 0.6 is 11.3 Å². The minimum absolute atomic E-state index is 0.134. The molecule has 0 unspecified atom stereocenters. The second kappa shape index (κ2) is 5.89. The van der Waals surface area contributed by atoms with Crippen molar-refractivity contribution in [3.05, 3.63) is 36.2 Å². The van der Waals surface area contributed by atoms with Crippen LogP contribution in [0.1, 0.15) is 19.3 Å². The first-order chi connectivity index (χ1) is 13.2. The lowest BCUT2D eigenvalue weighted by atomic mass is 10.2. The van der Waals surface area contributed by atoms with Crippen LogP contribution in [-0.2, 0) is 12.6 Å². The van der Waals surface area contributed by atoms with E-state index in [4.69, 9.17) is 10.2 Å². The molecule has 1 saturated carbocycles. The molecule has 1 aliphatic rings. The van der Waals surface area contributed by atoms with Gasteiger partial charge in [0.1, 0.15) is 0 Å². The summed E-state index contributed by atoms with van der Waals surface area (Å²) in [5, 5.41) is 23.0. The van der Waals surface area contributed by atoms with Gasteiger partial charge in [-0.15, -0.1) is 11.3 Å². The van der Waals surface area contributed by atoms with Crippen LogP contribution in [0.5, 0.6) is 0 Å². The Morgan fingerprint density at radius 3 is 2.89 bits per heavy atom. The highest BCUT2D eigenvalue weighted by Crippen LogP contribution is 2.46. The topological polar surface area (TPSA) is 97.2 Å². The number of fused-ring (bicyclic) bond motifs is 1. The largest absolute Gasteiger partial charge is 0.321 e. The van der Waals surface area contributed by atoms with E-state index in [-0.39, 0.29) is 5.54 Å². The fourth-order valence-electron chi connectivity index (χ4n) is 3.21. The minimum atomic E-state index is -0.134. The molecule has 0 spiro atoms. The summed E-state index contributed by atoms with van der Waals surface area (Å²) in [6.45, 7) is 0. The van der Waals surface area contributed by atoms with Crippen molar-refractivity contribution in [1.29, 1.82) is 5.26 Å². The molecular formula is C18H16N8S. The van der Waals surface area contributed by atoms with Gasteiger partial charge in [0.25, 0.3) is 0 Å². The lowest BCUT2D eigenvalue weighted by Crippen LogP contribution is -2.16. The average Bonchev–Trinajstić information content (AvgIpc) is 3.06. The number of anilines is 2. The summed E-state index contributed by atoms with van der Waals surface area (Å²) in [4.78, 5) is 9.35. The van der Waals surface area contributed by atoms with Gasteiger partial charge in [0.15, 0.2) is 0 Å². The Kier molecular flexibility index (Phi) is 3.48. The molecule has 4 heterocycles. The van der Waals surface area contributed by atoms with Crippen LogP contribution in [0.3, 0.4) is 0 Å². The first-order valence-electron chi connectivity index (χ1n) is 8.60. The molecule has 0 aliphatic heterocycles. The van der Waals surface area contributed by atoms with Crippen molar-refractivity contribution in [2.24, 2.45) is 7.05 Å². The number of rotatable bonds is 5. The summed E-state index contributed by atoms with van der Waals surface area (Å²) in [5.74, 6) is 0.523. The number of aromatic nitrogens is 6. The molecule has 9 heteroatoms. The number of thiophene rings is 1. The number of hydrogen-bond donors (Lipinski definition) is 1. The molecular weight excluding hydrogens is 360 g/mol. The van der Waals surface area contributed by atoms with Gasteiger partial charge in [-0.05, 0) is 24.3 Å². The number of aryl methyl sites for hydroxylation is 1. The van der Waals surface area contributed by atoms with Crippen LogP contribution in [0.25, 0.3) is 21.5 Å². The lowest BCUT2D eigenvalue weighted by molar-refractivity contribution is 0.440. The molecule has 134 valence electrons. The SMILES string of the molecule is Cn1cc(Nc2nc(-c3cnn(C4(CC#N)CC4)c3)c3sccc3n2)cn1. The molecule has 1 fully saturated rings. The van der Waals surface area contributed by atoms with Gasteiger partial charge in [-0.2, -0.15) is 15.5 Å². The van der Waals surface area contributed by atoms with E-state index in [1.54, 1.807) is 22.2 Å². The average molecular weight is 376 g/mol. The van der Waals surface area contributed by atoms with Crippen molar-refractivity contribution < 1.29 is 0 Å². The third kappa shape index (κ3) is 2.74. The zero-order valence-electron chi connectivity index (χ0n) is 14.6. The molecule has 1 N–H and O–H groups in total. The molecule has 0 radical (unpaired) electrons. The van der Waals surface area contributed by atoms with E-state index in [2.05, 4.69) is 26.6 Å². The Morgan fingerprint density at radius 1 is 1.26 bits per heavy atom. The van der Waals surface area contributed by atoms with Crippen LogP contribution in [-0.4, -0.2) is 29.5 Å². The Hall–Kier alpha value is -3.25. The molecule has 27 heavy (non-hydrogen) atoms. The Labute approximate surface area is 159 Å². The number of nitrogens with zero attached hydrogens (tertiary/aromatic N) is 7. The standard InChI is InChI=1S/C18H16N8S/c1-25-11-13(9-20-25)22-17-23-14-2-7-27-16(14)15(24-17)12-8-21-26(10-12)18(3-4-18)5-6-19/h2,7-11H,3-5H2,1H3,(H,22,23,24). The summed E-state index contributed by atoms with van der Waals surface area (Å²) < 4.78 is 4.68. The van der Waals surface area contributed by atoms with Gasteiger partial charge < -0.3 is 5.32 Å². The second-order valence-corrected chi connectivity index (χ2v) is 7.71. The maximum Gasteiger partial charge on any atom is 0.228 e. The first kappa shape index (κ1) is 16.0. The van der Waals surface area contributed by atoms with Gasteiger partial charge in [0.05, 0.1) is 52.0 Å². The number of nitrogens with one attached hydrogen (secondary N) is 1. The fraction of sp³-hybridized carbons (Fsp3) is 0.278. The molecule has 0 amide bonds. The third-order valence-electron chi connectivity index (χ3n) is 4.84. The molecule has 4 aromatic rings. The van der Waals surface area contributed by atoms with Gasteiger partial charge in [-0.25, -0.2) is 9.97 Å². The van der Waals surface area contributed by atoms with E-state index in [1.807, 2.05) is 41.8 Å². The molecule has 0 saturated heterocycles. The summed E-state index contributed by atoms with van der Waals surface area (Å²) >= 11 is 1.61. The number of nitriles is 1. The van der Waals surface area contributed by atoms with Crippen LogP contribution in [0.2, 0.25) is 0 Å². The van der Waals surface area contributed by atoms with Gasteiger partial charge in [0, 0.05) is 25.0 Å². The van der Waals surface area contributed by atoms with Crippen LogP contribution in [0.15, 0.2) is 36.2 Å². The van der Waals surface area contributed by atoms with E-state index < -0.39 is 0 Å². The normalized spacial score (nSPS) is 15.0. The zero-order chi connectivity index (χ0) is 18.4. The van der Waals surface area contributed by atoms with E-state index in [9.17, 15) is 0 Å². The van der Waals surface area contributed by atoms with E-state index in [1.165, 1.54) is 0 Å². The highest BCUT2D eigenvalue weighted by atomic mass is 32.1. The fourth-order valence-corrected chi connectivity index (χ4v) is 4.06. The summed E-state index contributed by atoms with van der Waals surface area (Å²) in [6, 6.07) is 4.27. The van der Waals surface area contributed by atoms with Crippen molar-refractivity contribution >= 4 is 33.2 Å². The minimum Gasteiger partial charge on any atom is -0.321 e. The third-order valence-corrected chi connectivity index (χ3v) is 5.75. The summed E-state index contributed by atoms with van der Waals surface area (Å²) in [6.07, 6.45) is 9.91. The summed E-state index contributed by atoms with van der Waals surface area (Å²) in [5.41, 5.74) is 3.37. The molecule has 0 bridgehead atoms. The van der Waals surface area contributed by atoms with Gasteiger partial charge in [-0.3, -0.25) is 9.36 Å². The highest BCUT2D eigenvalue weighted by Gasteiger charge is 2.45.